The van der Waals surface area contributed by atoms with Crippen molar-refractivity contribution in [1.82, 2.24) is 19.9 Å². The van der Waals surface area contributed by atoms with Gasteiger partial charge >= 0.3 is 6.01 Å². The van der Waals surface area contributed by atoms with E-state index in [4.69, 9.17) is 20.9 Å². The van der Waals surface area contributed by atoms with Crippen LogP contribution in [0.15, 0.2) is 30.5 Å². The third-order valence-corrected chi connectivity index (χ3v) is 9.06. The lowest BCUT2D eigenvalue weighted by Gasteiger charge is -2.31. The van der Waals surface area contributed by atoms with Gasteiger partial charge in [0.05, 0.1) is 16.5 Å². The van der Waals surface area contributed by atoms with Gasteiger partial charge in [-0.2, -0.15) is 9.97 Å². The zero-order valence-electron chi connectivity index (χ0n) is 24.2. The number of fused-ring (bicyclic) bond motifs is 3. The molecule has 3 fully saturated rings. The van der Waals surface area contributed by atoms with Crippen molar-refractivity contribution in [1.29, 1.82) is 0 Å². The second-order valence-electron chi connectivity index (χ2n) is 11.8. The summed E-state index contributed by atoms with van der Waals surface area (Å²) in [4.78, 5) is 17.9. The first-order chi connectivity index (χ1) is 21.4. The van der Waals surface area contributed by atoms with Crippen molar-refractivity contribution < 1.29 is 27.8 Å². The standard InChI is InChI=1S/C33H32F3N5O3/c1-2-23-26(35)7-6-20-14-22(42)15-24(27(20)23)29-28(36)30-25(17-37-29)31(40-9-4-12-43-13-5-10-40)39-32(38-30)44-19-33-8-3-11-41(33)18-21(34)16-33/h1,6-7,14-15,17,21,42H,3-5,8-13,16,18-19H2/t21-,33+/m1/s1. The van der Waals surface area contributed by atoms with Gasteiger partial charge in [-0.25, -0.2) is 13.2 Å². The highest BCUT2D eigenvalue weighted by molar-refractivity contribution is 6.03. The van der Waals surface area contributed by atoms with Gasteiger partial charge in [0.1, 0.15) is 41.4 Å². The molecule has 228 valence electrons. The van der Waals surface area contributed by atoms with Gasteiger partial charge in [0.15, 0.2) is 5.82 Å². The van der Waals surface area contributed by atoms with E-state index in [-0.39, 0.29) is 46.1 Å². The summed E-state index contributed by atoms with van der Waals surface area (Å²) >= 11 is 0. The Hall–Kier alpha value is -4.14. The van der Waals surface area contributed by atoms with Crippen LogP contribution in [-0.2, 0) is 4.74 Å². The van der Waals surface area contributed by atoms with Crippen molar-refractivity contribution in [2.45, 2.75) is 43.8 Å². The van der Waals surface area contributed by atoms with Crippen LogP contribution in [-0.4, -0.2) is 82.7 Å². The third kappa shape index (κ3) is 4.96. The lowest BCUT2D eigenvalue weighted by atomic mass is 9.95. The van der Waals surface area contributed by atoms with E-state index in [0.29, 0.717) is 55.9 Å². The number of alkyl halides is 1. The summed E-state index contributed by atoms with van der Waals surface area (Å²) in [5.41, 5.74) is -0.531. The van der Waals surface area contributed by atoms with E-state index in [1.54, 1.807) is 0 Å². The summed E-state index contributed by atoms with van der Waals surface area (Å²) < 4.78 is 57.7. The van der Waals surface area contributed by atoms with E-state index in [9.17, 15) is 13.9 Å². The fraction of sp³-hybridized carbons (Fsp3) is 0.424. The maximum atomic E-state index is 16.7. The summed E-state index contributed by atoms with van der Waals surface area (Å²) in [6, 6.07) is 5.43. The van der Waals surface area contributed by atoms with Crippen LogP contribution in [0.25, 0.3) is 32.9 Å². The first-order valence-corrected chi connectivity index (χ1v) is 15.0. The van der Waals surface area contributed by atoms with Crippen LogP contribution in [0.3, 0.4) is 0 Å². The van der Waals surface area contributed by atoms with E-state index in [1.165, 1.54) is 30.5 Å². The van der Waals surface area contributed by atoms with Crippen LogP contribution < -0.4 is 9.64 Å². The van der Waals surface area contributed by atoms with E-state index < -0.39 is 23.3 Å². The van der Waals surface area contributed by atoms with Crippen LogP contribution in [0.4, 0.5) is 19.0 Å². The van der Waals surface area contributed by atoms with Gasteiger partial charge in [0.2, 0.25) is 0 Å². The molecule has 2 aromatic carbocycles. The van der Waals surface area contributed by atoms with Gasteiger partial charge in [0, 0.05) is 56.4 Å². The maximum Gasteiger partial charge on any atom is 0.319 e. The Morgan fingerprint density at radius 2 is 1.93 bits per heavy atom. The first-order valence-electron chi connectivity index (χ1n) is 15.0. The molecule has 0 radical (unpaired) electrons. The lowest BCUT2D eigenvalue weighted by Crippen LogP contribution is -2.43. The summed E-state index contributed by atoms with van der Waals surface area (Å²) in [6.07, 6.45) is 9.88. The average Bonchev–Trinajstić information content (AvgIpc) is 3.51. The molecular formula is C33H32F3N5O3. The summed E-state index contributed by atoms with van der Waals surface area (Å²) in [5, 5.41) is 11.6. The van der Waals surface area contributed by atoms with Gasteiger partial charge in [0.25, 0.3) is 0 Å². The van der Waals surface area contributed by atoms with Crippen LogP contribution >= 0.6 is 0 Å². The monoisotopic (exact) mass is 603 g/mol. The van der Waals surface area contributed by atoms with Crippen molar-refractivity contribution in [3.63, 3.8) is 0 Å². The SMILES string of the molecule is C#Cc1c(F)ccc2cc(O)cc(-c3ncc4c(N5CCCOCCC5)nc(OC[C@@]56CCCN5C[C@H](F)C6)nc4c3F)c12. The molecule has 4 aromatic rings. The van der Waals surface area contributed by atoms with Gasteiger partial charge in [-0.05, 0) is 55.8 Å². The normalized spacial score (nSPS) is 22.6. The van der Waals surface area contributed by atoms with E-state index >= 15 is 4.39 Å². The fourth-order valence-corrected chi connectivity index (χ4v) is 7.06. The number of benzene rings is 2. The summed E-state index contributed by atoms with van der Waals surface area (Å²) in [5.74, 6) is 1.27. The Kier molecular flexibility index (Phi) is 7.42. The second kappa shape index (κ2) is 11.4. The number of terminal acetylenes is 1. The largest absolute Gasteiger partial charge is 0.508 e. The molecule has 3 aliphatic rings. The molecule has 0 saturated carbocycles. The number of aromatic nitrogens is 3. The molecule has 5 heterocycles. The number of hydrogen-bond acceptors (Lipinski definition) is 8. The molecule has 2 atom stereocenters. The molecule has 0 amide bonds. The minimum Gasteiger partial charge on any atom is -0.508 e. The number of anilines is 1. The average molecular weight is 604 g/mol. The molecule has 3 aliphatic heterocycles. The summed E-state index contributed by atoms with van der Waals surface area (Å²) in [6.45, 7) is 3.82. The predicted octanol–water partition coefficient (Wildman–Crippen LogP) is 5.38. The number of phenols is 1. The zero-order chi connectivity index (χ0) is 30.4. The Morgan fingerprint density at radius 1 is 1.11 bits per heavy atom. The van der Waals surface area contributed by atoms with Crippen molar-refractivity contribution in [2.75, 3.05) is 50.9 Å². The van der Waals surface area contributed by atoms with Crippen molar-refractivity contribution in [2.24, 2.45) is 0 Å². The Bertz CT molecular complexity index is 1790. The molecule has 7 rings (SSSR count). The highest BCUT2D eigenvalue weighted by Crippen LogP contribution is 2.41. The molecular weight excluding hydrogens is 571 g/mol. The summed E-state index contributed by atoms with van der Waals surface area (Å²) in [7, 11) is 0. The first kappa shape index (κ1) is 28.6. The lowest BCUT2D eigenvalue weighted by molar-refractivity contribution is 0.107. The number of aromatic hydroxyl groups is 1. The highest BCUT2D eigenvalue weighted by Gasteiger charge is 2.49. The minimum absolute atomic E-state index is 0.0125. The van der Waals surface area contributed by atoms with Crippen molar-refractivity contribution in [3.05, 3.63) is 47.7 Å². The Morgan fingerprint density at radius 3 is 2.73 bits per heavy atom. The second-order valence-corrected chi connectivity index (χ2v) is 11.8. The number of pyridine rings is 1. The number of nitrogens with zero attached hydrogens (tertiary/aromatic N) is 5. The molecule has 0 bridgehead atoms. The number of phenolic OH excluding ortho intramolecular Hbond substituents is 1. The van der Waals surface area contributed by atoms with Gasteiger partial charge in [-0.15, -0.1) is 6.42 Å². The smallest absolute Gasteiger partial charge is 0.319 e. The van der Waals surface area contributed by atoms with Crippen LogP contribution in [0, 0.1) is 24.0 Å². The van der Waals surface area contributed by atoms with E-state index in [0.717, 1.165) is 32.2 Å². The van der Waals surface area contributed by atoms with Gasteiger partial charge < -0.3 is 19.5 Å². The molecule has 0 spiro atoms. The fourth-order valence-electron chi connectivity index (χ4n) is 7.06. The zero-order valence-corrected chi connectivity index (χ0v) is 24.2. The van der Waals surface area contributed by atoms with Gasteiger partial charge in [-0.1, -0.05) is 12.0 Å². The van der Waals surface area contributed by atoms with E-state index in [1.807, 2.05) is 0 Å². The molecule has 0 unspecified atom stereocenters. The molecule has 11 heteroatoms. The molecule has 8 nitrogen and oxygen atoms in total. The molecule has 1 N–H and O–H groups in total. The predicted molar refractivity (Wildman–Crippen MR) is 161 cm³/mol. The number of halogens is 3. The highest BCUT2D eigenvalue weighted by atomic mass is 19.1. The van der Waals surface area contributed by atoms with Crippen molar-refractivity contribution in [3.8, 4) is 35.4 Å². The molecule has 44 heavy (non-hydrogen) atoms. The van der Waals surface area contributed by atoms with Gasteiger partial charge in [-0.3, -0.25) is 9.88 Å². The molecule has 2 aromatic heterocycles. The van der Waals surface area contributed by atoms with Crippen molar-refractivity contribution >= 4 is 27.5 Å². The maximum absolute atomic E-state index is 16.7. The number of hydrogen-bond donors (Lipinski definition) is 1. The molecule has 3 saturated heterocycles. The number of rotatable bonds is 5. The number of ether oxygens (including phenoxy) is 2. The topological polar surface area (TPSA) is 83.8 Å². The van der Waals surface area contributed by atoms with Crippen LogP contribution in [0.2, 0.25) is 0 Å². The van der Waals surface area contributed by atoms with Crippen LogP contribution in [0.1, 0.15) is 37.7 Å². The Labute approximate surface area is 252 Å². The van der Waals surface area contributed by atoms with Crippen LogP contribution in [0.5, 0.6) is 11.8 Å². The van der Waals surface area contributed by atoms with E-state index in [2.05, 4.69) is 25.7 Å². The Balaban J connectivity index is 1.37. The third-order valence-electron chi connectivity index (χ3n) is 9.06. The minimum atomic E-state index is -0.920. The quantitative estimate of drug-likeness (QED) is 0.305. The molecule has 0 aliphatic carbocycles.